The first kappa shape index (κ1) is 18.9. The Morgan fingerprint density at radius 3 is 2.43 bits per heavy atom. The molecule has 3 unspecified atom stereocenters. The van der Waals surface area contributed by atoms with Crippen molar-refractivity contribution in [2.75, 3.05) is 40.5 Å². The summed E-state index contributed by atoms with van der Waals surface area (Å²) < 4.78 is 10.8. The smallest absolute Gasteiger partial charge is 0.0615 e. The van der Waals surface area contributed by atoms with Crippen LogP contribution in [0.1, 0.15) is 46.5 Å². The van der Waals surface area contributed by atoms with Crippen LogP contribution < -0.4 is 5.73 Å². The fourth-order valence-electron chi connectivity index (χ4n) is 4.33. The van der Waals surface area contributed by atoms with Crippen LogP contribution in [0.15, 0.2) is 0 Å². The van der Waals surface area contributed by atoms with Gasteiger partial charge in [-0.1, -0.05) is 26.7 Å². The summed E-state index contributed by atoms with van der Waals surface area (Å²) >= 11 is 0. The van der Waals surface area contributed by atoms with E-state index in [1.165, 1.54) is 25.7 Å². The summed E-state index contributed by atoms with van der Waals surface area (Å²) in [5, 5.41) is 0. The number of nitrogens with zero attached hydrogens (tertiary/aromatic N) is 1. The van der Waals surface area contributed by atoms with Crippen LogP contribution >= 0.6 is 0 Å². The average molecular weight is 300 g/mol. The van der Waals surface area contributed by atoms with E-state index in [2.05, 4.69) is 25.7 Å². The lowest BCUT2D eigenvalue weighted by molar-refractivity contribution is -0.0620. The molecule has 1 saturated carbocycles. The maximum atomic E-state index is 6.35. The molecule has 1 rings (SSSR count). The molecule has 0 saturated heterocycles. The summed E-state index contributed by atoms with van der Waals surface area (Å²) in [6, 6.07) is 0.369. The first-order chi connectivity index (χ1) is 10.0. The Kier molecular flexibility index (Phi) is 8.17. The van der Waals surface area contributed by atoms with Crippen LogP contribution in [0.5, 0.6) is 0 Å². The van der Waals surface area contributed by atoms with Crippen molar-refractivity contribution in [1.82, 2.24) is 4.90 Å². The second-order valence-electron chi connectivity index (χ2n) is 6.89. The molecule has 126 valence electrons. The van der Waals surface area contributed by atoms with Crippen molar-refractivity contribution < 1.29 is 9.47 Å². The second-order valence-corrected chi connectivity index (χ2v) is 6.89. The molecular formula is C17H36N2O2. The van der Waals surface area contributed by atoms with Gasteiger partial charge in [0.1, 0.15) is 0 Å². The third kappa shape index (κ3) is 4.41. The summed E-state index contributed by atoms with van der Waals surface area (Å²) in [6.45, 7) is 10.1. The molecule has 0 bridgehead atoms. The molecule has 4 nitrogen and oxygen atoms in total. The Labute approximate surface area is 131 Å². The number of hydrogen-bond acceptors (Lipinski definition) is 4. The van der Waals surface area contributed by atoms with E-state index in [4.69, 9.17) is 15.2 Å². The van der Waals surface area contributed by atoms with E-state index >= 15 is 0 Å². The number of hydrogen-bond donors (Lipinski definition) is 1. The maximum Gasteiger partial charge on any atom is 0.0615 e. The molecule has 1 fully saturated rings. The lowest BCUT2D eigenvalue weighted by atomic mass is 9.66. The largest absolute Gasteiger partial charge is 0.383 e. The van der Waals surface area contributed by atoms with Crippen molar-refractivity contribution in [3.63, 3.8) is 0 Å². The number of nitrogens with two attached hydrogens (primary N) is 1. The predicted molar refractivity (Wildman–Crippen MR) is 88.5 cm³/mol. The summed E-state index contributed by atoms with van der Waals surface area (Å²) in [5.74, 6) is 1.32. The molecule has 0 heterocycles. The number of rotatable bonds is 9. The summed E-state index contributed by atoms with van der Waals surface area (Å²) in [7, 11) is 3.55. The van der Waals surface area contributed by atoms with E-state index < -0.39 is 0 Å². The molecule has 4 heteroatoms. The Morgan fingerprint density at radius 2 is 1.90 bits per heavy atom. The standard InChI is InChI=1S/C17H36N2O2/c1-14(2)16-8-6-7-9-17(16,13-18)19(10-11-20-4)15(3)12-21-5/h14-16H,6-13,18H2,1-5H3. The van der Waals surface area contributed by atoms with E-state index in [0.29, 0.717) is 17.9 Å². The minimum Gasteiger partial charge on any atom is -0.383 e. The van der Waals surface area contributed by atoms with Crippen molar-refractivity contribution >= 4 is 0 Å². The molecule has 0 amide bonds. The van der Waals surface area contributed by atoms with Crippen molar-refractivity contribution in [1.29, 1.82) is 0 Å². The van der Waals surface area contributed by atoms with Gasteiger partial charge in [-0.3, -0.25) is 4.90 Å². The van der Waals surface area contributed by atoms with Crippen molar-refractivity contribution in [3.05, 3.63) is 0 Å². The molecule has 1 aliphatic carbocycles. The van der Waals surface area contributed by atoms with Gasteiger partial charge in [0.15, 0.2) is 0 Å². The van der Waals surface area contributed by atoms with Gasteiger partial charge in [0.25, 0.3) is 0 Å². The van der Waals surface area contributed by atoms with E-state index in [-0.39, 0.29) is 5.54 Å². The molecule has 0 spiro atoms. The zero-order valence-electron chi connectivity index (χ0n) is 14.7. The quantitative estimate of drug-likeness (QED) is 0.711. The fraction of sp³-hybridized carbons (Fsp3) is 1.00. The van der Waals surface area contributed by atoms with Gasteiger partial charge in [-0.15, -0.1) is 0 Å². The Hall–Kier alpha value is -0.160. The lowest BCUT2D eigenvalue weighted by Gasteiger charge is -2.54. The highest BCUT2D eigenvalue weighted by Crippen LogP contribution is 2.42. The molecule has 21 heavy (non-hydrogen) atoms. The highest BCUT2D eigenvalue weighted by Gasteiger charge is 2.46. The zero-order valence-corrected chi connectivity index (χ0v) is 14.7. The van der Waals surface area contributed by atoms with Crippen LogP contribution in [0.3, 0.4) is 0 Å². The minimum absolute atomic E-state index is 0.100. The Balaban J connectivity index is 3.05. The van der Waals surface area contributed by atoms with Crippen molar-refractivity contribution in [3.8, 4) is 0 Å². The third-order valence-corrected chi connectivity index (χ3v) is 5.27. The summed E-state index contributed by atoms with van der Waals surface area (Å²) in [6.07, 6.45) is 5.10. The van der Waals surface area contributed by atoms with Gasteiger partial charge in [0.2, 0.25) is 0 Å². The maximum absolute atomic E-state index is 6.35. The van der Waals surface area contributed by atoms with Gasteiger partial charge in [-0.05, 0) is 31.6 Å². The van der Waals surface area contributed by atoms with Gasteiger partial charge >= 0.3 is 0 Å². The molecule has 0 aromatic rings. The molecule has 0 aliphatic heterocycles. The van der Waals surface area contributed by atoms with Gasteiger partial charge in [0, 0.05) is 38.9 Å². The lowest BCUT2D eigenvalue weighted by Crippen LogP contribution is -2.64. The van der Waals surface area contributed by atoms with E-state index in [1.807, 2.05) is 0 Å². The highest BCUT2D eigenvalue weighted by atomic mass is 16.5. The Bertz CT molecular complexity index is 286. The first-order valence-corrected chi connectivity index (χ1v) is 8.48. The zero-order chi connectivity index (χ0) is 15.9. The Morgan fingerprint density at radius 1 is 1.19 bits per heavy atom. The summed E-state index contributed by atoms with van der Waals surface area (Å²) in [4.78, 5) is 2.59. The van der Waals surface area contributed by atoms with Crippen molar-refractivity contribution in [2.45, 2.75) is 58.0 Å². The highest BCUT2D eigenvalue weighted by molar-refractivity contribution is 5.02. The predicted octanol–water partition coefficient (Wildman–Crippen LogP) is 2.51. The van der Waals surface area contributed by atoms with E-state index in [1.54, 1.807) is 14.2 Å². The van der Waals surface area contributed by atoms with Crippen molar-refractivity contribution in [2.24, 2.45) is 17.6 Å². The number of methoxy groups -OCH3 is 2. The minimum atomic E-state index is 0.100. The first-order valence-electron chi connectivity index (χ1n) is 8.48. The van der Waals surface area contributed by atoms with Crippen LogP contribution in [-0.2, 0) is 9.47 Å². The molecular weight excluding hydrogens is 264 g/mol. The van der Waals surface area contributed by atoms with Crippen LogP contribution in [0.2, 0.25) is 0 Å². The third-order valence-electron chi connectivity index (χ3n) is 5.27. The van der Waals surface area contributed by atoms with E-state index in [9.17, 15) is 0 Å². The van der Waals surface area contributed by atoms with Gasteiger partial charge in [-0.25, -0.2) is 0 Å². The second kappa shape index (κ2) is 9.09. The average Bonchev–Trinajstić information content (AvgIpc) is 2.48. The molecule has 1 aliphatic rings. The topological polar surface area (TPSA) is 47.7 Å². The molecule has 0 aromatic carbocycles. The SMILES string of the molecule is COCCN(C(C)COC)C1(CN)CCCCC1C(C)C. The van der Waals surface area contributed by atoms with Gasteiger partial charge in [0.05, 0.1) is 13.2 Å². The normalized spacial score (nSPS) is 28.3. The van der Waals surface area contributed by atoms with Crippen LogP contribution in [0.25, 0.3) is 0 Å². The molecule has 0 radical (unpaired) electrons. The fourth-order valence-corrected chi connectivity index (χ4v) is 4.33. The van der Waals surface area contributed by atoms with Crippen LogP contribution in [0, 0.1) is 11.8 Å². The summed E-state index contributed by atoms with van der Waals surface area (Å²) in [5.41, 5.74) is 6.45. The van der Waals surface area contributed by atoms with Crippen LogP contribution in [0.4, 0.5) is 0 Å². The monoisotopic (exact) mass is 300 g/mol. The van der Waals surface area contributed by atoms with Crippen LogP contribution in [-0.4, -0.2) is 57.0 Å². The molecule has 3 atom stereocenters. The number of ether oxygens (including phenoxy) is 2. The molecule has 2 N–H and O–H groups in total. The molecule has 0 aromatic heterocycles. The van der Waals surface area contributed by atoms with E-state index in [0.717, 1.165) is 26.3 Å². The van der Waals surface area contributed by atoms with Gasteiger partial charge < -0.3 is 15.2 Å². The van der Waals surface area contributed by atoms with Gasteiger partial charge in [-0.2, -0.15) is 0 Å².